The van der Waals surface area contributed by atoms with Gasteiger partial charge in [-0.2, -0.15) is 0 Å². The normalized spacial score (nSPS) is 13.4. The van der Waals surface area contributed by atoms with Crippen molar-refractivity contribution in [3.63, 3.8) is 0 Å². The van der Waals surface area contributed by atoms with Crippen molar-refractivity contribution in [2.45, 2.75) is 79.4 Å². The molecule has 0 saturated heterocycles. The summed E-state index contributed by atoms with van der Waals surface area (Å²) < 4.78 is 9.31. The molecule has 0 fully saturated rings. The standard InChI is InChI=1S/C28H47N5O9/c1-11-13-41-26(40)42-14-12-29-24(38)21(36)17(2)30-23(37)18(15-20(35)33(9)10)31-25(39)22(28(6,7)8)32-19(34)16-27(3,4)5/h11,17-18,22H,1,12-16H2,2-10H3,(H,29,38)(H,30,37)(H,31,39)(H,32,34)/t17?,18-,22+/m0/s1. The number of nitrogens with one attached hydrogen (secondary N) is 4. The first-order chi connectivity index (χ1) is 19.2. The van der Waals surface area contributed by atoms with Crippen molar-refractivity contribution in [2.24, 2.45) is 10.8 Å². The summed E-state index contributed by atoms with van der Waals surface area (Å²) in [6.07, 6.45) is 0.0879. The number of hydrogen-bond donors (Lipinski definition) is 4. The first-order valence-corrected chi connectivity index (χ1v) is 13.5. The lowest BCUT2D eigenvalue weighted by Crippen LogP contribution is -2.59. The van der Waals surface area contributed by atoms with Crippen molar-refractivity contribution in [3.8, 4) is 0 Å². The number of ketones is 1. The van der Waals surface area contributed by atoms with Crippen molar-refractivity contribution >= 4 is 41.5 Å². The van der Waals surface area contributed by atoms with Crippen molar-refractivity contribution in [1.29, 1.82) is 0 Å². The summed E-state index contributed by atoms with van der Waals surface area (Å²) >= 11 is 0. The average Bonchev–Trinajstić information content (AvgIpc) is 2.85. The average molecular weight is 598 g/mol. The van der Waals surface area contributed by atoms with Gasteiger partial charge in [0.15, 0.2) is 0 Å². The molecule has 14 nitrogen and oxygen atoms in total. The maximum Gasteiger partial charge on any atom is 0.508 e. The van der Waals surface area contributed by atoms with E-state index in [9.17, 15) is 33.6 Å². The molecular weight excluding hydrogens is 550 g/mol. The van der Waals surface area contributed by atoms with Crippen LogP contribution in [-0.2, 0) is 38.2 Å². The molecule has 0 rings (SSSR count). The maximum absolute atomic E-state index is 13.3. The van der Waals surface area contributed by atoms with E-state index in [-0.39, 0.29) is 37.5 Å². The van der Waals surface area contributed by atoms with Crippen molar-refractivity contribution < 1.29 is 43.0 Å². The second-order valence-corrected chi connectivity index (χ2v) is 12.2. The van der Waals surface area contributed by atoms with Gasteiger partial charge in [-0.15, -0.1) is 0 Å². The summed E-state index contributed by atoms with van der Waals surface area (Å²) in [5, 5.41) is 9.86. The molecular formula is C28H47N5O9. The van der Waals surface area contributed by atoms with E-state index in [0.717, 1.165) is 0 Å². The quantitative estimate of drug-likeness (QED) is 0.0899. The zero-order valence-electron chi connectivity index (χ0n) is 26.2. The van der Waals surface area contributed by atoms with E-state index in [1.165, 1.54) is 32.0 Å². The first kappa shape index (κ1) is 38.0. The molecule has 0 radical (unpaired) electrons. The maximum atomic E-state index is 13.3. The largest absolute Gasteiger partial charge is 0.508 e. The molecule has 0 aromatic carbocycles. The highest BCUT2D eigenvalue weighted by molar-refractivity contribution is 6.38. The predicted molar refractivity (Wildman–Crippen MR) is 154 cm³/mol. The summed E-state index contributed by atoms with van der Waals surface area (Å²) in [7, 11) is 2.95. The monoisotopic (exact) mass is 597 g/mol. The molecule has 0 aromatic heterocycles. The SMILES string of the molecule is C=CCOC(=O)OCCNC(=O)C(=O)C(C)NC(=O)[C@H](CC(=O)N(C)C)NC(=O)[C@@H](NC(=O)CC(C)(C)C)C(C)(C)C. The third-order valence-electron chi connectivity index (χ3n) is 5.54. The van der Waals surface area contributed by atoms with E-state index < -0.39 is 65.5 Å². The van der Waals surface area contributed by atoms with E-state index in [2.05, 4.69) is 32.6 Å². The van der Waals surface area contributed by atoms with Crippen LogP contribution in [0.5, 0.6) is 0 Å². The lowest BCUT2D eigenvalue weighted by atomic mass is 9.85. The zero-order chi connectivity index (χ0) is 32.8. The smallest absolute Gasteiger partial charge is 0.432 e. The number of nitrogens with zero attached hydrogens (tertiary/aromatic N) is 1. The summed E-state index contributed by atoms with van der Waals surface area (Å²) in [4.78, 5) is 88.8. The number of carbonyl (C=O) groups excluding carboxylic acids is 7. The first-order valence-electron chi connectivity index (χ1n) is 13.5. The van der Waals surface area contributed by atoms with Gasteiger partial charge in [0.25, 0.3) is 5.91 Å². The molecule has 0 aliphatic heterocycles. The molecule has 4 N–H and O–H groups in total. The number of carbonyl (C=O) groups is 7. The Bertz CT molecular complexity index is 1010. The minimum absolute atomic E-state index is 0.0504. The molecule has 3 atom stereocenters. The van der Waals surface area contributed by atoms with Crippen LogP contribution in [0.1, 0.15) is 61.3 Å². The van der Waals surface area contributed by atoms with Crippen LogP contribution in [0.4, 0.5) is 4.79 Å². The molecule has 42 heavy (non-hydrogen) atoms. The van der Waals surface area contributed by atoms with Crippen LogP contribution in [0.25, 0.3) is 0 Å². The zero-order valence-corrected chi connectivity index (χ0v) is 26.2. The Morgan fingerprint density at radius 2 is 1.48 bits per heavy atom. The second kappa shape index (κ2) is 17.1. The Balaban J connectivity index is 5.48. The Kier molecular flexibility index (Phi) is 15.5. The number of Topliss-reactive ketones (excluding diaryl/α,β-unsaturated/α-hetero) is 1. The van der Waals surface area contributed by atoms with Crippen LogP contribution in [0.2, 0.25) is 0 Å². The second-order valence-electron chi connectivity index (χ2n) is 12.2. The van der Waals surface area contributed by atoms with Crippen LogP contribution in [0, 0.1) is 10.8 Å². The van der Waals surface area contributed by atoms with Gasteiger partial charge in [-0.25, -0.2) is 4.79 Å². The molecule has 0 heterocycles. The summed E-state index contributed by atoms with van der Waals surface area (Å²) in [6.45, 7) is 15.0. The lowest BCUT2D eigenvalue weighted by molar-refractivity contribution is -0.141. The van der Waals surface area contributed by atoms with Gasteiger partial charge in [0.05, 0.1) is 19.0 Å². The highest BCUT2D eigenvalue weighted by atomic mass is 16.7. The van der Waals surface area contributed by atoms with Gasteiger partial charge in [-0.1, -0.05) is 54.2 Å². The minimum Gasteiger partial charge on any atom is -0.432 e. The molecule has 238 valence electrons. The lowest BCUT2D eigenvalue weighted by Gasteiger charge is -2.33. The van der Waals surface area contributed by atoms with Crippen LogP contribution >= 0.6 is 0 Å². The van der Waals surface area contributed by atoms with Crippen molar-refractivity contribution in [3.05, 3.63) is 12.7 Å². The van der Waals surface area contributed by atoms with Gasteiger partial charge in [0, 0.05) is 20.5 Å². The molecule has 0 spiro atoms. The molecule has 14 heteroatoms. The summed E-state index contributed by atoms with van der Waals surface area (Å²) in [5.74, 6) is -4.47. The Hall–Kier alpha value is -3.97. The van der Waals surface area contributed by atoms with Gasteiger partial charge in [-0.05, 0) is 17.8 Å². The van der Waals surface area contributed by atoms with Gasteiger partial charge < -0.3 is 35.6 Å². The van der Waals surface area contributed by atoms with Crippen molar-refractivity contribution in [1.82, 2.24) is 26.2 Å². The number of rotatable bonds is 15. The van der Waals surface area contributed by atoms with Gasteiger partial charge >= 0.3 is 6.16 Å². The summed E-state index contributed by atoms with van der Waals surface area (Å²) in [5.41, 5.74) is -1.08. The molecule has 1 unspecified atom stereocenters. The van der Waals surface area contributed by atoms with Crippen LogP contribution < -0.4 is 21.3 Å². The van der Waals surface area contributed by atoms with Crippen molar-refractivity contribution in [2.75, 3.05) is 33.9 Å². The number of ether oxygens (including phenoxy) is 2. The highest BCUT2D eigenvalue weighted by Gasteiger charge is 2.37. The number of amides is 5. The molecule has 0 aliphatic rings. The fraction of sp³-hybridized carbons (Fsp3) is 0.679. The van der Waals surface area contributed by atoms with Gasteiger partial charge in [0.2, 0.25) is 29.4 Å². The Morgan fingerprint density at radius 3 is 1.98 bits per heavy atom. The molecule has 0 saturated carbocycles. The van der Waals surface area contributed by atoms with Crippen LogP contribution in [0.15, 0.2) is 12.7 Å². The number of hydrogen-bond acceptors (Lipinski definition) is 9. The van der Waals surface area contributed by atoms with E-state index in [4.69, 9.17) is 4.74 Å². The van der Waals surface area contributed by atoms with Gasteiger partial charge in [0.1, 0.15) is 25.3 Å². The van der Waals surface area contributed by atoms with E-state index in [1.54, 1.807) is 20.8 Å². The molecule has 0 aromatic rings. The van der Waals surface area contributed by atoms with Crippen LogP contribution in [0.3, 0.4) is 0 Å². The molecule has 5 amide bonds. The Morgan fingerprint density at radius 1 is 0.881 bits per heavy atom. The molecule has 0 bridgehead atoms. The Labute approximate surface area is 247 Å². The minimum atomic E-state index is -1.41. The van der Waals surface area contributed by atoms with Gasteiger partial charge in [-0.3, -0.25) is 28.8 Å². The third kappa shape index (κ3) is 15.1. The van der Waals surface area contributed by atoms with Crippen LogP contribution in [-0.4, -0.2) is 98.4 Å². The predicted octanol–water partition coefficient (Wildman–Crippen LogP) is 0.446. The topological polar surface area (TPSA) is 189 Å². The van der Waals surface area contributed by atoms with E-state index >= 15 is 0 Å². The highest BCUT2D eigenvalue weighted by Crippen LogP contribution is 2.22. The summed E-state index contributed by atoms with van der Waals surface area (Å²) in [6, 6.07) is -3.78. The fourth-order valence-electron chi connectivity index (χ4n) is 3.32. The molecule has 0 aliphatic carbocycles. The fourth-order valence-corrected chi connectivity index (χ4v) is 3.32. The third-order valence-corrected chi connectivity index (χ3v) is 5.54. The van der Waals surface area contributed by atoms with E-state index in [0.29, 0.717) is 0 Å². The van der Waals surface area contributed by atoms with E-state index in [1.807, 2.05) is 20.8 Å².